The zero-order valence-corrected chi connectivity index (χ0v) is 9.77. The van der Waals surface area contributed by atoms with E-state index in [0.29, 0.717) is 5.69 Å². The maximum absolute atomic E-state index is 11.3. The molecule has 5 heteroatoms. The predicted molar refractivity (Wildman–Crippen MR) is 61.7 cm³/mol. The lowest BCUT2D eigenvalue weighted by atomic mass is 10.1. The van der Waals surface area contributed by atoms with Crippen LogP contribution in [0.3, 0.4) is 0 Å². The van der Waals surface area contributed by atoms with Crippen molar-refractivity contribution in [2.24, 2.45) is 0 Å². The van der Waals surface area contributed by atoms with E-state index in [2.05, 4.69) is 0 Å². The zero-order valence-electron chi connectivity index (χ0n) is 9.77. The molecule has 86 valence electrons. The van der Waals surface area contributed by atoms with Crippen LogP contribution in [0.1, 0.15) is 18.1 Å². The summed E-state index contributed by atoms with van der Waals surface area (Å²) in [4.78, 5) is 23.0. The zero-order chi connectivity index (χ0) is 12.5. The second-order valence-corrected chi connectivity index (χ2v) is 3.71. The van der Waals surface area contributed by atoms with Gasteiger partial charge >= 0.3 is 0 Å². The molecule has 1 amide bonds. The summed E-state index contributed by atoms with van der Waals surface area (Å²) in [5.74, 6) is -0.225. The molecule has 5 nitrogen and oxygen atoms in total. The third-order valence-corrected chi connectivity index (χ3v) is 2.68. The molecule has 0 aliphatic rings. The van der Waals surface area contributed by atoms with Crippen molar-refractivity contribution in [2.45, 2.75) is 20.8 Å². The number of rotatable bonds is 2. The first-order valence-corrected chi connectivity index (χ1v) is 4.85. The highest BCUT2D eigenvalue weighted by Crippen LogP contribution is 2.32. The summed E-state index contributed by atoms with van der Waals surface area (Å²) in [6, 6.07) is 3.11. The molecule has 0 atom stereocenters. The fraction of sp³-hybridized carbons (Fsp3) is 0.364. The van der Waals surface area contributed by atoms with E-state index < -0.39 is 4.92 Å². The number of carbonyl (C=O) groups is 1. The monoisotopic (exact) mass is 222 g/mol. The Morgan fingerprint density at radius 1 is 1.38 bits per heavy atom. The fourth-order valence-electron chi connectivity index (χ4n) is 1.51. The molecule has 0 N–H and O–H groups in total. The van der Waals surface area contributed by atoms with E-state index >= 15 is 0 Å². The first-order chi connectivity index (χ1) is 7.36. The fourth-order valence-corrected chi connectivity index (χ4v) is 1.51. The van der Waals surface area contributed by atoms with Crippen molar-refractivity contribution in [1.29, 1.82) is 0 Å². The van der Waals surface area contributed by atoms with Gasteiger partial charge in [-0.25, -0.2) is 0 Å². The highest BCUT2D eigenvalue weighted by molar-refractivity contribution is 5.94. The van der Waals surface area contributed by atoms with Crippen LogP contribution in [-0.4, -0.2) is 17.9 Å². The third-order valence-electron chi connectivity index (χ3n) is 2.68. The molecular weight excluding hydrogens is 208 g/mol. The highest BCUT2D eigenvalue weighted by atomic mass is 16.6. The second-order valence-electron chi connectivity index (χ2n) is 3.71. The first-order valence-electron chi connectivity index (χ1n) is 4.85. The largest absolute Gasteiger partial charge is 0.310 e. The van der Waals surface area contributed by atoms with Crippen LogP contribution in [0.15, 0.2) is 12.1 Å². The number of aryl methyl sites for hydroxylation is 1. The van der Waals surface area contributed by atoms with E-state index in [4.69, 9.17) is 0 Å². The Hall–Kier alpha value is -1.91. The average Bonchev–Trinajstić information content (AvgIpc) is 2.20. The van der Waals surface area contributed by atoms with Gasteiger partial charge < -0.3 is 4.90 Å². The number of hydrogen-bond acceptors (Lipinski definition) is 3. The Morgan fingerprint density at radius 3 is 2.38 bits per heavy atom. The Bertz CT molecular complexity index is 455. The number of nitro benzene ring substituents is 1. The number of anilines is 1. The maximum atomic E-state index is 11.3. The van der Waals surface area contributed by atoms with Crippen LogP contribution in [0.4, 0.5) is 11.4 Å². The van der Waals surface area contributed by atoms with Gasteiger partial charge in [-0.2, -0.15) is 0 Å². The summed E-state index contributed by atoms with van der Waals surface area (Å²) in [7, 11) is 1.54. The molecule has 0 unspecified atom stereocenters. The molecule has 0 bridgehead atoms. The van der Waals surface area contributed by atoms with Crippen LogP contribution in [0.2, 0.25) is 0 Å². The molecule has 1 rings (SSSR count). The Balaban J connectivity index is 3.49. The minimum absolute atomic E-state index is 0.0409. The molecule has 0 fully saturated rings. The molecule has 0 radical (unpaired) electrons. The standard InChI is InChI=1S/C11H14N2O3/c1-7-5-6-10(13(15)16)11(8(7)2)12(4)9(3)14/h5-6H,1-4H3. The molecule has 1 aromatic rings. The molecule has 0 spiro atoms. The molecule has 0 heterocycles. The number of benzene rings is 1. The third kappa shape index (κ3) is 2.03. The van der Waals surface area contributed by atoms with Gasteiger partial charge in [-0.05, 0) is 25.0 Å². The molecule has 0 aliphatic carbocycles. The lowest BCUT2D eigenvalue weighted by Gasteiger charge is -2.18. The maximum Gasteiger partial charge on any atom is 0.293 e. The van der Waals surface area contributed by atoms with Gasteiger partial charge in [0.2, 0.25) is 5.91 Å². The van der Waals surface area contributed by atoms with Crippen LogP contribution in [0, 0.1) is 24.0 Å². The van der Waals surface area contributed by atoms with Crippen molar-refractivity contribution in [1.82, 2.24) is 0 Å². The van der Waals surface area contributed by atoms with E-state index in [0.717, 1.165) is 11.1 Å². The van der Waals surface area contributed by atoms with Gasteiger partial charge in [0.1, 0.15) is 5.69 Å². The number of amides is 1. The summed E-state index contributed by atoms with van der Waals surface area (Å²) >= 11 is 0. The topological polar surface area (TPSA) is 63.5 Å². The highest BCUT2D eigenvalue weighted by Gasteiger charge is 2.22. The number of nitrogens with zero attached hydrogens (tertiary/aromatic N) is 2. The Kier molecular flexibility index (Phi) is 3.27. The van der Waals surface area contributed by atoms with Crippen molar-refractivity contribution in [3.8, 4) is 0 Å². The summed E-state index contributed by atoms with van der Waals surface area (Å²) in [5, 5.41) is 10.9. The van der Waals surface area contributed by atoms with Crippen LogP contribution in [0.5, 0.6) is 0 Å². The lowest BCUT2D eigenvalue weighted by Crippen LogP contribution is -2.24. The van der Waals surface area contributed by atoms with Gasteiger partial charge in [-0.1, -0.05) is 6.07 Å². The van der Waals surface area contributed by atoms with E-state index in [1.165, 1.54) is 24.9 Å². The number of nitro groups is 1. The molecule has 0 saturated carbocycles. The minimum Gasteiger partial charge on any atom is -0.310 e. The predicted octanol–water partition coefficient (Wildman–Crippen LogP) is 2.19. The van der Waals surface area contributed by atoms with Gasteiger partial charge in [-0.15, -0.1) is 0 Å². The molecule has 0 aromatic heterocycles. The van der Waals surface area contributed by atoms with Crippen molar-refractivity contribution in [2.75, 3.05) is 11.9 Å². The van der Waals surface area contributed by atoms with Crippen LogP contribution in [0.25, 0.3) is 0 Å². The Labute approximate surface area is 93.8 Å². The summed E-state index contributed by atoms with van der Waals surface area (Å²) in [6.45, 7) is 5.01. The van der Waals surface area contributed by atoms with Gasteiger partial charge in [-0.3, -0.25) is 14.9 Å². The quantitative estimate of drug-likeness (QED) is 0.569. The van der Waals surface area contributed by atoms with Crippen molar-refractivity contribution in [3.05, 3.63) is 33.4 Å². The average molecular weight is 222 g/mol. The van der Waals surface area contributed by atoms with E-state index in [1.54, 1.807) is 13.0 Å². The van der Waals surface area contributed by atoms with Crippen LogP contribution >= 0.6 is 0 Å². The molecule has 1 aromatic carbocycles. The van der Waals surface area contributed by atoms with E-state index in [-0.39, 0.29) is 11.6 Å². The van der Waals surface area contributed by atoms with Gasteiger partial charge in [0.05, 0.1) is 4.92 Å². The van der Waals surface area contributed by atoms with Gasteiger partial charge in [0.25, 0.3) is 5.69 Å². The lowest BCUT2D eigenvalue weighted by molar-refractivity contribution is -0.384. The first kappa shape index (κ1) is 12.2. The minimum atomic E-state index is -0.471. The second kappa shape index (κ2) is 4.30. The van der Waals surface area contributed by atoms with E-state index in [1.807, 2.05) is 6.92 Å². The molecule has 0 aliphatic heterocycles. The Morgan fingerprint density at radius 2 is 1.94 bits per heavy atom. The van der Waals surface area contributed by atoms with Crippen molar-refractivity contribution in [3.63, 3.8) is 0 Å². The summed E-state index contributed by atoms with van der Waals surface area (Å²) in [6.07, 6.45) is 0. The molecule has 0 saturated heterocycles. The van der Waals surface area contributed by atoms with Crippen molar-refractivity contribution >= 4 is 17.3 Å². The normalized spacial score (nSPS) is 10.0. The van der Waals surface area contributed by atoms with Gasteiger partial charge in [0.15, 0.2) is 0 Å². The van der Waals surface area contributed by atoms with Crippen LogP contribution in [-0.2, 0) is 4.79 Å². The number of carbonyl (C=O) groups excluding carboxylic acids is 1. The smallest absolute Gasteiger partial charge is 0.293 e. The number of hydrogen-bond donors (Lipinski definition) is 0. The summed E-state index contributed by atoms with van der Waals surface area (Å²) in [5.41, 5.74) is 2.01. The van der Waals surface area contributed by atoms with Crippen LogP contribution < -0.4 is 4.90 Å². The van der Waals surface area contributed by atoms with Gasteiger partial charge in [0, 0.05) is 20.0 Å². The molecule has 16 heavy (non-hydrogen) atoms. The SMILES string of the molecule is CC(=O)N(C)c1c([N+](=O)[O-])ccc(C)c1C. The van der Waals surface area contributed by atoms with Crippen molar-refractivity contribution < 1.29 is 9.72 Å². The summed E-state index contributed by atoms with van der Waals surface area (Å²) < 4.78 is 0. The van der Waals surface area contributed by atoms with E-state index in [9.17, 15) is 14.9 Å². The molecular formula is C11H14N2O3.